The number of rotatable bonds is 10. The van der Waals surface area contributed by atoms with Gasteiger partial charge in [0.15, 0.2) is 0 Å². The van der Waals surface area contributed by atoms with Crippen molar-refractivity contribution >= 4 is 5.97 Å². The Bertz CT molecular complexity index is 196. The minimum Gasteiger partial charge on any atom is -0.465 e. The van der Waals surface area contributed by atoms with Gasteiger partial charge in [-0.2, -0.15) is 0 Å². The molecule has 0 saturated heterocycles. The standard InChI is InChI=1S/C12H25NO4/c1-2-12(8-14,9-15)10-17-11(16)6-4-3-5-7-13/h14-15H,2-10,13H2,1H3. The Labute approximate surface area is 103 Å². The highest BCUT2D eigenvalue weighted by molar-refractivity contribution is 5.69. The average Bonchev–Trinajstić information content (AvgIpc) is 2.37. The Hall–Kier alpha value is -0.650. The second-order valence-electron chi connectivity index (χ2n) is 4.43. The first kappa shape index (κ1) is 16.4. The van der Waals surface area contributed by atoms with Crippen LogP contribution in [-0.4, -0.2) is 42.5 Å². The van der Waals surface area contributed by atoms with Crippen LogP contribution in [0, 0.1) is 5.41 Å². The zero-order chi connectivity index (χ0) is 13.1. The molecule has 5 heteroatoms. The lowest BCUT2D eigenvalue weighted by Gasteiger charge is -2.27. The number of esters is 1. The van der Waals surface area contributed by atoms with Gasteiger partial charge in [-0.3, -0.25) is 4.79 Å². The zero-order valence-corrected chi connectivity index (χ0v) is 10.7. The van der Waals surface area contributed by atoms with Gasteiger partial charge in [0.05, 0.1) is 18.6 Å². The van der Waals surface area contributed by atoms with Crippen LogP contribution in [0.25, 0.3) is 0 Å². The van der Waals surface area contributed by atoms with E-state index >= 15 is 0 Å². The molecule has 0 bridgehead atoms. The van der Waals surface area contributed by atoms with Gasteiger partial charge in [0.25, 0.3) is 0 Å². The fourth-order valence-electron chi connectivity index (χ4n) is 1.36. The van der Waals surface area contributed by atoms with Crippen LogP contribution in [0.5, 0.6) is 0 Å². The molecule has 0 fully saturated rings. The van der Waals surface area contributed by atoms with E-state index in [1.165, 1.54) is 0 Å². The maximum Gasteiger partial charge on any atom is 0.305 e. The van der Waals surface area contributed by atoms with Crippen molar-refractivity contribution < 1.29 is 19.7 Å². The lowest BCUT2D eigenvalue weighted by molar-refractivity contribution is -0.149. The van der Waals surface area contributed by atoms with E-state index in [-0.39, 0.29) is 25.8 Å². The van der Waals surface area contributed by atoms with Gasteiger partial charge in [-0.1, -0.05) is 13.3 Å². The quantitative estimate of drug-likeness (QED) is 0.384. The van der Waals surface area contributed by atoms with Gasteiger partial charge in [0.2, 0.25) is 0 Å². The fourth-order valence-corrected chi connectivity index (χ4v) is 1.36. The van der Waals surface area contributed by atoms with Crippen molar-refractivity contribution in [1.82, 2.24) is 0 Å². The SMILES string of the molecule is CCC(CO)(CO)COC(=O)CCCCCN. The van der Waals surface area contributed by atoms with Gasteiger partial charge in [0.1, 0.15) is 6.61 Å². The molecular formula is C12H25NO4. The summed E-state index contributed by atoms with van der Waals surface area (Å²) in [4.78, 5) is 11.4. The highest BCUT2D eigenvalue weighted by Gasteiger charge is 2.28. The Morgan fingerprint density at radius 3 is 2.35 bits per heavy atom. The molecule has 0 unspecified atom stereocenters. The largest absolute Gasteiger partial charge is 0.465 e. The number of aliphatic hydroxyl groups is 2. The Balaban J connectivity index is 3.81. The van der Waals surface area contributed by atoms with Gasteiger partial charge in [-0.15, -0.1) is 0 Å². The maximum atomic E-state index is 11.4. The van der Waals surface area contributed by atoms with E-state index in [4.69, 9.17) is 10.5 Å². The molecule has 17 heavy (non-hydrogen) atoms. The minimum absolute atomic E-state index is 0.0756. The van der Waals surface area contributed by atoms with Crippen molar-refractivity contribution in [2.45, 2.75) is 39.0 Å². The second kappa shape index (κ2) is 9.39. The van der Waals surface area contributed by atoms with Crippen molar-refractivity contribution in [3.8, 4) is 0 Å². The van der Waals surface area contributed by atoms with Crippen LogP contribution in [0.4, 0.5) is 0 Å². The van der Waals surface area contributed by atoms with Gasteiger partial charge < -0.3 is 20.7 Å². The Morgan fingerprint density at radius 2 is 1.88 bits per heavy atom. The summed E-state index contributed by atoms with van der Waals surface area (Å²) in [6.07, 6.45) is 3.55. The van der Waals surface area contributed by atoms with E-state index in [0.717, 1.165) is 19.3 Å². The normalized spacial score (nSPS) is 11.5. The number of ether oxygens (including phenoxy) is 1. The van der Waals surface area contributed by atoms with Gasteiger partial charge in [0, 0.05) is 6.42 Å². The van der Waals surface area contributed by atoms with Crippen molar-refractivity contribution in [3.63, 3.8) is 0 Å². The van der Waals surface area contributed by atoms with Crippen LogP contribution < -0.4 is 5.73 Å². The third-order valence-corrected chi connectivity index (χ3v) is 3.05. The highest BCUT2D eigenvalue weighted by atomic mass is 16.5. The van der Waals surface area contributed by atoms with Crippen LogP contribution in [0.2, 0.25) is 0 Å². The predicted octanol–water partition coefficient (Wildman–Crippen LogP) is 0.430. The minimum atomic E-state index is -0.701. The van der Waals surface area contributed by atoms with Crippen molar-refractivity contribution in [1.29, 1.82) is 0 Å². The number of nitrogens with two attached hydrogens (primary N) is 1. The van der Waals surface area contributed by atoms with E-state index in [2.05, 4.69) is 0 Å². The van der Waals surface area contributed by atoms with Crippen LogP contribution in [-0.2, 0) is 9.53 Å². The molecule has 0 amide bonds. The molecule has 102 valence electrons. The summed E-state index contributed by atoms with van der Waals surface area (Å²) in [5.74, 6) is -0.276. The monoisotopic (exact) mass is 247 g/mol. The summed E-state index contributed by atoms with van der Waals surface area (Å²) in [6, 6.07) is 0. The number of carbonyl (C=O) groups excluding carboxylic acids is 1. The van der Waals surface area contributed by atoms with E-state index in [1.54, 1.807) is 0 Å². The summed E-state index contributed by atoms with van der Waals surface area (Å²) < 4.78 is 5.07. The highest BCUT2D eigenvalue weighted by Crippen LogP contribution is 2.21. The van der Waals surface area contributed by atoms with Crippen molar-refractivity contribution in [2.75, 3.05) is 26.4 Å². The zero-order valence-electron chi connectivity index (χ0n) is 10.7. The van der Waals surface area contributed by atoms with Crippen LogP contribution in [0.1, 0.15) is 39.0 Å². The molecule has 4 N–H and O–H groups in total. The van der Waals surface area contributed by atoms with Gasteiger partial charge in [-0.05, 0) is 25.8 Å². The summed E-state index contributed by atoms with van der Waals surface area (Å²) in [5, 5.41) is 18.3. The molecule has 0 atom stereocenters. The Morgan fingerprint density at radius 1 is 1.24 bits per heavy atom. The molecule has 0 radical (unpaired) electrons. The molecule has 0 aromatic heterocycles. The first-order chi connectivity index (χ1) is 8.14. The molecule has 0 aliphatic rings. The number of hydrogen-bond donors (Lipinski definition) is 3. The molecule has 0 aliphatic heterocycles. The van der Waals surface area contributed by atoms with Gasteiger partial charge in [-0.25, -0.2) is 0 Å². The molecule has 0 aliphatic carbocycles. The summed E-state index contributed by atoms with van der Waals surface area (Å²) >= 11 is 0. The third kappa shape index (κ3) is 6.61. The molecule has 0 rings (SSSR count). The van der Waals surface area contributed by atoms with E-state index < -0.39 is 5.41 Å². The maximum absolute atomic E-state index is 11.4. The first-order valence-electron chi connectivity index (χ1n) is 6.21. The van der Waals surface area contributed by atoms with Gasteiger partial charge >= 0.3 is 5.97 Å². The second-order valence-corrected chi connectivity index (χ2v) is 4.43. The van der Waals surface area contributed by atoms with Crippen LogP contribution in [0.3, 0.4) is 0 Å². The van der Waals surface area contributed by atoms with Crippen molar-refractivity contribution in [3.05, 3.63) is 0 Å². The molecule has 5 nitrogen and oxygen atoms in total. The molecule has 0 heterocycles. The summed E-state index contributed by atoms with van der Waals surface area (Å²) in [7, 11) is 0. The number of aliphatic hydroxyl groups excluding tert-OH is 2. The number of carbonyl (C=O) groups is 1. The first-order valence-corrected chi connectivity index (χ1v) is 6.21. The molecule has 0 aromatic carbocycles. The molecule has 0 saturated carbocycles. The summed E-state index contributed by atoms with van der Waals surface area (Å²) in [6.45, 7) is 2.21. The predicted molar refractivity (Wildman–Crippen MR) is 65.4 cm³/mol. The average molecular weight is 247 g/mol. The van der Waals surface area contributed by atoms with E-state index in [9.17, 15) is 15.0 Å². The lowest BCUT2D eigenvalue weighted by Crippen LogP contribution is -2.35. The van der Waals surface area contributed by atoms with Crippen LogP contribution >= 0.6 is 0 Å². The topological polar surface area (TPSA) is 92.8 Å². The van der Waals surface area contributed by atoms with Crippen molar-refractivity contribution in [2.24, 2.45) is 11.1 Å². The number of unbranched alkanes of at least 4 members (excludes halogenated alkanes) is 2. The molecular weight excluding hydrogens is 222 g/mol. The molecule has 0 aromatic rings. The van der Waals surface area contributed by atoms with E-state index in [1.807, 2.05) is 6.92 Å². The van der Waals surface area contributed by atoms with E-state index in [0.29, 0.717) is 19.4 Å². The Kier molecular flexibility index (Phi) is 9.03. The summed E-state index contributed by atoms with van der Waals surface area (Å²) in [5.41, 5.74) is 4.64. The third-order valence-electron chi connectivity index (χ3n) is 3.05. The lowest BCUT2D eigenvalue weighted by atomic mass is 9.88. The smallest absolute Gasteiger partial charge is 0.305 e. The van der Waals surface area contributed by atoms with Crippen LogP contribution in [0.15, 0.2) is 0 Å². The number of hydrogen-bond acceptors (Lipinski definition) is 5. The fraction of sp³-hybridized carbons (Fsp3) is 0.917. The molecule has 0 spiro atoms.